The summed E-state index contributed by atoms with van der Waals surface area (Å²) in [4.78, 5) is 5.68. The van der Waals surface area contributed by atoms with Gasteiger partial charge < -0.3 is 14.1 Å². The molecule has 2 heterocycles. The number of hydrogen-bond acceptors (Lipinski definition) is 6. The maximum absolute atomic E-state index is 14.2. The molecule has 0 unspecified atom stereocenters. The van der Waals surface area contributed by atoms with Crippen molar-refractivity contribution in [2.45, 2.75) is 9.92 Å². The number of benzene rings is 2. The molecule has 0 amide bonds. The van der Waals surface area contributed by atoms with Crippen molar-refractivity contribution >= 4 is 15.7 Å². The second-order valence-electron chi connectivity index (χ2n) is 6.17. The minimum atomic E-state index is -4.11. The SMILES string of the molecule is O=S(=O)(c1ccc(F)cc1)c1nc(-c2ccccc2F)oc1N1CCOCC1. The van der Waals surface area contributed by atoms with Gasteiger partial charge in [-0.3, -0.25) is 0 Å². The molecular formula is C19H16F2N2O4S. The van der Waals surface area contributed by atoms with Crippen molar-refractivity contribution in [3.05, 3.63) is 60.2 Å². The molecule has 3 aromatic rings. The Hall–Kier alpha value is -2.78. The molecule has 1 fully saturated rings. The van der Waals surface area contributed by atoms with Gasteiger partial charge in [-0.2, -0.15) is 4.98 Å². The zero-order chi connectivity index (χ0) is 19.7. The number of halogens is 2. The second kappa shape index (κ2) is 7.33. The molecule has 4 rings (SSSR count). The van der Waals surface area contributed by atoms with Crippen LogP contribution in [0.3, 0.4) is 0 Å². The third-order valence-corrected chi connectivity index (χ3v) is 6.03. The maximum atomic E-state index is 14.2. The van der Waals surface area contributed by atoms with Gasteiger partial charge in [0.2, 0.25) is 26.6 Å². The van der Waals surface area contributed by atoms with Gasteiger partial charge in [-0.15, -0.1) is 0 Å². The fourth-order valence-electron chi connectivity index (χ4n) is 2.91. The summed E-state index contributed by atoms with van der Waals surface area (Å²) >= 11 is 0. The van der Waals surface area contributed by atoms with Crippen LogP contribution in [0.2, 0.25) is 0 Å². The number of ether oxygens (including phenoxy) is 1. The first-order valence-electron chi connectivity index (χ1n) is 8.56. The Balaban J connectivity index is 1.87. The summed E-state index contributed by atoms with van der Waals surface area (Å²) in [5.74, 6) is -1.26. The highest BCUT2D eigenvalue weighted by Crippen LogP contribution is 2.35. The number of oxazole rings is 1. The molecule has 9 heteroatoms. The largest absolute Gasteiger partial charge is 0.419 e. The lowest BCUT2D eigenvalue weighted by molar-refractivity contribution is 0.120. The van der Waals surface area contributed by atoms with E-state index < -0.39 is 21.5 Å². The molecule has 1 aromatic heterocycles. The first-order chi connectivity index (χ1) is 13.5. The smallest absolute Gasteiger partial charge is 0.236 e. The maximum Gasteiger partial charge on any atom is 0.236 e. The predicted octanol–water partition coefficient (Wildman–Crippen LogP) is 3.29. The van der Waals surface area contributed by atoms with Crippen LogP contribution in [0.5, 0.6) is 0 Å². The minimum Gasteiger partial charge on any atom is -0.419 e. The average Bonchev–Trinajstić information content (AvgIpc) is 3.15. The van der Waals surface area contributed by atoms with E-state index in [1.165, 1.54) is 18.2 Å². The first kappa shape index (κ1) is 18.6. The summed E-state index contributed by atoms with van der Waals surface area (Å²) in [5, 5.41) is -0.334. The van der Waals surface area contributed by atoms with E-state index in [1.54, 1.807) is 11.0 Å². The summed E-state index contributed by atoms with van der Waals surface area (Å²) in [6.45, 7) is 1.59. The van der Waals surface area contributed by atoms with E-state index in [1.807, 2.05) is 0 Å². The van der Waals surface area contributed by atoms with Gasteiger partial charge >= 0.3 is 0 Å². The van der Waals surface area contributed by atoms with Gasteiger partial charge in [0, 0.05) is 13.1 Å². The summed E-state index contributed by atoms with van der Waals surface area (Å²) < 4.78 is 64.7. The van der Waals surface area contributed by atoms with E-state index in [0.29, 0.717) is 26.3 Å². The summed E-state index contributed by atoms with van der Waals surface area (Å²) in [5.41, 5.74) is 0.0533. The lowest BCUT2D eigenvalue weighted by atomic mass is 10.2. The van der Waals surface area contributed by atoms with E-state index in [2.05, 4.69) is 4.98 Å². The van der Waals surface area contributed by atoms with Gasteiger partial charge in [-0.25, -0.2) is 17.2 Å². The van der Waals surface area contributed by atoms with E-state index in [-0.39, 0.29) is 27.3 Å². The van der Waals surface area contributed by atoms with E-state index >= 15 is 0 Å². The second-order valence-corrected chi connectivity index (χ2v) is 8.03. The third-order valence-electron chi connectivity index (χ3n) is 4.36. The number of nitrogens with zero attached hydrogens (tertiary/aromatic N) is 2. The van der Waals surface area contributed by atoms with Crippen LogP contribution in [0, 0.1) is 11.6 Å². The lowest BCUT2D eigenvalue weighted by Crippen LogP contribution is -2.36. The van der Waals surface area contributed by atoms with Crippen molar-refractivity contribution in [1.82, 2.24) is 4.98 Å². The Morgan fingerprint density at radius 1 is 0.964 bits per heavy atom. The van der Waals surface area contributed by atoms with Gasteiger partial charge in [0.05, 0.1) is 23.7 Å². The zero-order valence-electron chi connectivity index (χ0n) is 14.6. The molecule has 0 aliphatic carbocycles. The molecule has 2 aromatic carbocycles. The van der Waals surface area contributed by atoms with Crippen LogP contribution in [-0.4, -0.2) is 39.7 Å². The van der Waals surface area contributed by atoms with Crippen molar-refractivity contribution in [2.24, 2.45) is 0 Å². The number of rotatable bonds is 4. The molecule has 0 N–H and O–H groups in total. The molecular weight excluding hydrogens is 390 g/mol. The van der Waals surface area contributed by atoms with Gasteiger partial charge in [-0.05, 0) is 36.4 Å². The fraction of sp³-hybridized carbons (Fsp3) is 0.211. The molecule has 1 aliphatic rings. The summed E-state index contributed by atoms with van der Waals surface area (Å²) in [7, 11) is -4.11. The monoisotopic (exact) mass is 406 g/mol. The lowest BCUT2D eigenvalue weighted by Gasteiger charge is -2.26. The number of anilines is 1. The molecule has 0 spiro atoms. The van der Waals surface area contributed by atoms with Crippen LogP contribution < -0.4 is 4.90 Å². The van der Waals surface area contributed by atoms with Crippen LogP contribution in [0.1, 0.15) is 0 Å². The highest BCUT2D eigenvalue weighted by atomic mass is 32.2. The number of sulfone groups is 1. The molecule has 0 bridgehead atoms. The Morgan fingerprint density at radius 2 is 1.64 bits per heavy atom. The van der Waals surface area contributed by atoms with Crippen LogP contribution in [0.4, 0.5) is 14.7 Å². The Kier molecular flexibility index (Phi) is 4.86. The van der Waals surface area contributed by atoms with Crippen molar-refractivity contribution in [3.63, 3.8) is 0 Å². The molecule has 28 heavy (non-hydrogen) atoms. The van der Waals surface area contributed by atoms with Crippen LogP contribution in [0.25, 0.3) is 11.5 Å². The van der Waals surface area contributed by atoms with Crippen molar-refractivity contribution in [1.29, 1.82) is 0 Å². The zero-order valence-corrected chi connectivity index (χ0v) is 15.5. The molecule has 1 aliphatic heterocycles. The number of hydrogen-bond donors (Lipinski definition) is 0. The minimum absolute atomic E-state index is 0.0193. The quantitative estimate of drug-likeness (QED) is 0.619. The van der Waals surface area contributed by atoms with Crippen molar-refractivity contribution in [3.8, 4) is 11.5 Å². The highest BCUT2D eigenvalue weighted by Gasteiger charge is 2.32. The first-order valence-corrected chi connectivity index (χ1v) is 10.0. The molecule has 6 nitrogen and oxygen atoms in total. The van der Waals surface area contributed by atoms with Crippen LogP contribution >= 0.6 is 0 Å². The molecule has 0 radical (unpaired) electrons. The van der Waals surface area contributed by atoms with Crippen molar-refractivity contribution in [2.75, 3.05) is 31.2 Å². The highest BCUT2D eigenvalue weighted by molar-refractivity contribution is 7.91. The van der Waals surface area contributed by atoms with Gasteiger partial charge in [0.15, 0.2) is 0 Å². The van der Waals surface area contributed by atoms with Gasteiger partial charge in [0.25, 0.3) is 0 Å². The number of aromatic nitrogens is 1. The normalized spacial score (nSPS) is 15.0. The van der Waals surface area contributed by atoms with E-state index in [4.69, 9.17) is 9.15 Å². The molecule has 0 atom stereocenters. The third kappa shape index (κ3) is 3.38. The topological polar surface area (TPSA) is 72.6 Å². The predicted molar refractivity (Wildman–Crippen MR) is 96.8 cm³/mol. The van der Waals surface area contributed by atoms with Gasteiger partial charge in [0.1, 0.15) is 11.6 Å². The Labute approximate surface area is 160 Å². The summed E-state index contributed by atoms with van der Waals surface area (Å²) in [6.07, 6.45) is 0. The standard InChI is InChI=1S/C19H16F2N2O4S/c20-13-5-7-14(8-6-13)28(24,25)18-19(23-9-11-26-12-10-23)27-17(22-18)15-3-1-2-4-16(15)21/h1-8H,9-12H2. The van der Waals surface area contributed by atoms with Crippen LogP contribution in [0.15, 0.2) is 62.9 Å². The summed E-state index contributed by atoms with van der Waals surface area (Å²) in [6, 6.07) is 10.2. The molecule has 0 saturated carbocycles. The van der Waals surface area contributed by atoms with Gasteiger partial charge in [-0.1, -0.05) is 12.1 Å². The molecule has 146 valence electrons. The number of morpholine rings is 1. The average molecular weight is 406 g/mol. The van der Waals surface area contributed by atoms with Crippen LogP contribution in [-0.2, 0) is 14.6 Å². The fourth-order valence-corrected chi connectivity index (χ4v) is 4.24. The van der Waals surface area contributed by atoms with Crippen molar-refractivity contribution < 1.29 is 26.4 Å². The Bertz CT molecular complexity index is 1090. The Morgan fingerprint density at radius 3 is 2.32 bits per heavy atom. The van der Waals surface area contributed by atoms with E-state index in [9.17, 15) is 17.2 Å². The molecule has 1 saturated heterocycles. The van der Waals surface area contributed by atoms with E-state index in [0.717, 1.165) is 24.3 Å².